The van der Waals surface area contributed by atoms with Gasteiger partial charge in [0, 0.05) is 29.8 Å². The van der Waals surface area contributed by atoms with Gasteiger partial charge in [0.15, 0.2) is 17.1 Å². The van der Waals surface area contributed by atoms with Crippen LogP contribution in [0, 0.1) is 0 Å². The molecule has 2 aromatic rings. The minimum absolute atomic E-state index is 0.123. The van der Waals surface area contributed by atoms with Crippen molar-refractivity contribution in [1.29, 1.82) is 0 Å². The number of benzene rings is 2. The van der Waals surface area contributed by atoms with Crippen molar-refractivity contribution in [3.05, 3.63) is 59.7 Å². The average Bonchev–Trinajstić information content (AvgIpc) is 3.16. The van der Waals surface area contributed by atoms with E-state index >= 15 is 0 Å². The standard InChI is InChI=1S/C26H37N3O/c1-25(2)21-11-9-10-12-22(21)27-17-18-30-26(25,27)16-15-20-13-14-23(28(3,4)5)24(19-20)29(6,7)8/h9-16,19H,17-18H2,1-8H3/q+2. The van der Waals surface area contributed by atoms with Crippen LogP contribution in [0.15, 0.2) is 48.5 Å². The number of quaternary nitrogens is 2. The lowest BCUT2D eigenvalue weighted by Gasteiger charge is -2.39. The van der Waals surface area contributed by atoms with Crippen molar-refractivity contribution in [2.24, 2.45) is 0 Å². The van der Waals surface area contributed by atoms with Gasteiger partial charge in [0.05, 0.1) is 48.9 Å². The molecule has 0 N–H and O–H groups in total. The Balaban J connectivity index is 1.77. The number of fused-ring (bicyclic) bond motifs is 3. The monoisotopic (exact) mass is 407 g/mol. The van der Waals surface area contributed by atoms with E-state index in [0.29, 0.717) is 0 Å². The SMILES string of the molecule is CC1(C)c2ccccc2N2CCOC21C=Cc1ccc([N+](C)(C)C)c([N+](C)(C)C)c1. The first-order valence-corrected chi connectivity index (χ1v) is 10.9. The van der Waals surface area contributed by atoms with Crippen LogP contribution in [0.3, 0.4) is 0 Å². The van der Waals surface area contributed by atoms with Gasteiger partial charge in [0.2, 0.25) is 0 Å². The van der Waals surface area contributed by atoms with Gasteiger partial charge in [-0.05, 0) is 29.3 Å². The first-order chi connectivity index (χ1) is 13.9. The molecule has 4 heteroatoms. The fourth-order valence-corrected chi connectivity index (χ4v) is 5.09. The smallest absolute Gasteiger partial charge is 0.194 e. The summed E-state index contributed by atoms with van der Waals surface area (Å²) in [6.07, 6.45) is 4.55. The van der Waals surface area contributed by atoms with Gasteiger partial charge in [-0.15, -0.1) is 0 Å². The minimum atomic E-state index is -0.438. The third kappa shape index (κ3) is 3.09. The average molecular weight is 408 g/mol. The molecule has 2 heterocycles. The molecule has 160 valence electrons. The Morgan fingerprint density at radius 3 is 2.23 bits per heavy atom. The first kappa shape index (κ1) is 21.1. The lowest BCUT2D eigenvalue weighted by molar-refractivity contribution is 0.000337. The molecule has 30 heavy (non-hydrogen) atoms. The van der Waals surface area contributed by atoms with Crippen molar-refractivity contribution in [2.75, 3.05) is 60.3 Å². The second-order valence-electron chi connectivity index (χ2n) is 10.9. The van der Waals surface area contributed by atoms with Crippen LogP contribution >= 0.6 is 0 Å². The number of para-hydroxylation sites is 1. The van der Waals surface area contributed by atoms with Crippen LogP contribution in [0.2, 0.25) is 0 Å². The van der Waals surface area contributed by atoms with Crippen LogP contribution < -0.4 is 13.9 Å². The fraction of sp³-hybridized carbons (Fsp3) is 0.462. The van der Waals surface area contributed by atoms with Crippen molar-refractivity contribution in [1.82, 2.24) is 8.97 Å². The highest BCUT2D eigenvalue weighted by Gasteiger charge is 2.58. The number of hydrogen-bond acceptors (Lipinski definition) is 2. The van der Waals surface area contributed by atoms with Crippen LogP contribution in [-0.4, -0.2) is 61.2 Å². The number of anilines is 1. The molecule has 0 spiro atoms. The first-order valence-electron chi connectivity index (χ1n) is 10.9. The van der Waals surface area contributed by atoms with E-state index in [1.165, 1.54) is 28.2 Å². The van der Waals surface area contributed by atoms with Crippen molar-refractivity contribution in [3.8, 4) is 0 Å². The molecule has 1 atom stereocenters. The van der Waals surface area contributed by atoms with E-state index in [1.807, 2.05) is 0 Å². The molecule has 0 aromatic heterocycles. The lowest BCUT2D eigenvalue weighted by atomic mass is 9.77. The molecule has 2 aliphatic rings. The summed E-state index contributed by atoms with van der Waals surface area (Å²) in [5.74, 6) is 0. The van der Waals surface area contributed by atoms with E-state index in [2.05, 4.69) is 116 Å². The predicted octanol–water partition coefficient (Wildman–Crippen LogP) is 4.62. The fourth-order valence-electron chi connectivity index (χ4n) is 5.09. The van der Waals surface area contributed by atoms with Crippen LogP contribution in [0.1, 0.15) is 25.0 Å². The molecule has 1 fully saturated rings. The van der Waals surface area contributed by atoms with Crippen LogP contribution in [0.4, 0.5) is 17.1 Å². The molecule has 0 aliphatic carbocycles. The second kappa shape index (κ2) is 6.68. The number of rotatable bonds is 4. The Labute approximate surface area is 182 Å². The number of hydrogen-bond donors (Lipinski definition) is 0. The molecule has 0 amide bonds. The van der Waals surface area contributed by atoms with Gasteiger partial charge < -0.3 is 9.64 Å². The summed E-state index contributed by atoms with van der Waals surface area (Å²) < 4.78 is 8.08. The zero-order chi connectivity index (χ0) is 21.9. The van der Waals surface area contributed by atoms with Crippen molar-refractivity contribution in [2.45, 2.75) is 25.0 Å². The van der Waals surface area contributed by atoms with Gasteiger partial charge in [-0.2, -0.15) is 0 Å². The molecule has 0 radical (unpaired) electrons. The van der Waals surface area contributed by atoms with Crippen molar-refractivity contribution < 1.29 is 4.74 Å². The molecule has 0 bridgehead atoms. The van der Waals surface area contributed by atoms with Gasteiger partial charge in [-0.1, -0.05) is 38.1 Å². The lowest BCUT2D eigenvalue weighted by Crippen LogP contribution is -2.51. The quantitative estimate of drug-likeness (QED) is 0.686. The Morgan fingerprint density at radius 1 is 0.900 bits per heavy atom. The predicted molar refractivity (Wildman–Crippen MR) is 130 cm³/mol. The van der Waals surface area contributed by atoms with Gasteiger partial charge in [-0.3, -0.25) is 8.97 Å². The van der Waals surface area contributed by atoms with Gasteiger partial charge in [-0.25, -0.2) is 0 Å². The Kier molecular flexibility index (Phi) is 4.70. The summed E-state index contributed by atoms with van der Waals surface area (Å²) in [5, 5.41) is 0. The Morgan fingerprint density at radius 2 is 1.57 bits per heavy atom. The van der Waals surface area contributed by atoms with Crippen molar-refractivity contribution in [3.63, 3.8) is 0 Å². The normalized spacial score (nSPS) is 23.1. The zero-order valence-electron chi connectivity index (χ0n) is 19.9. The van der Waals surface area contributed by atoms with E-state index in [9.17, 15) is 0 Å². The molecule has 1 saturated heterocycles. The van der Waals surface area contributed by atoms with Gasteiger partial charge in [0.1, 0.15) is 0 Å². The van der Waals surface area contributed by atoms with E-state index in [4.69, 9.17) is 4.74 Å². The molecule has 2 aliphatic heterocycles. The summed E-state index contributed by atoms with van der Waals surface area (Å²) in [5.41, 5.74) is 5.99. The van der Waals surface area contributed by atoms with Gasteiger partial charge >= 0.3 is 0 Å². The van der Waals surface area contributed by atoms with Crippen LogP contribution in [0.25, 0.3) is 6.08 Å². The summed E-state index contributed by atoms with van der Waals surface area (Å²) in [6.45, 7) is 6.29. The third-order valence-electron chi connectivity index (χ3n) is 6.75. The minimum Gasteiger partial charge on any atom is -0.349 e. The number of nitrogens with zero attached hydrogens (tertiary/aromatic N) is 3. The molecule has 4 nitrogen and oxygen atoms in total. The topological polar surface area (TPSA) is 12.5 Å². The highest BCUT2D eigenvalue weighted by molar-refractivity contribution is 5.73. The maximum Gasteiger partial charge on any atom is 0.194 e. The maximum atomic E-state index is 6.49. The summed E-state index contributed by atoms with van der Waals surface area (Å²) >= 11 is 0. The second-order valence-corrected chi connectivity index (χ2v) is 10.9. The molecular weight excluding hydrogens is 370 g/mol. The van der Waals surface area contributed by atoms with Crippen LogP contribution in [-0.2, 0) is 10.2 Å². The maximum absolute atomic E-state index is 6.49. The van der Waals surface area contributed by atoms with E-state index in [0.717, 1.165) is 22.1 Å². The highest BCUT2D eigenvalue weighted by Crippen LogP contribution is 2.55. The summed E-state index contributed by atoms with van der Waals surface area (Å²) in [7, 11) is 13.4. The summed E-state index contributed by atoms with van der Waals surface area (Å²) in [6, 6.07) is 15.6. The van der Waals surface area contributed by atoms with E-state index < -0.39 is 5.72 Å². The van der Waals surface area contributed by atoms with E-state index in [-0.39, 0.29) is 5.41 Å². The molecule has 1 unspecified atom stereocenters. The van der Waals surface area contributed by atoms with Crippen LogP contribution in [0.5, 0.6) is 0 Å². The Bertz CT molecular complexity index is 994. The molecular formula is C26H37N3O+2. The van der Waals surface area contributed by atoms with E-state index in [1.54, 1.807) is 0 Å². The highest BCUT2D eigenvalue weighted by atomic mass is 16.5. The number of ether oxygens (including phenoxy) is 1. The molecule has 0 saturated carbocycles. The summed E-state index contributed by atoms with van der Waals surface area (Å²) in [4.78, 5) is 2.44. The Hall–Kier alpha value is -2.14. The third-order valence-corrected chi connectivity index (χ3v) is 6.75. The van der Waals surface area contributed by atoms with Crippen molar-refractivity contribution >= 4 is 23.1 Å². The molecule has 4 rings (SSSR count). The zero-order valence-corrected chi connectivity index (χ0v) is 19.9. The van der Waals surface area contributed by atoms with Gasteiger partial charge in [0.25, 0.3) is 0 Å². The largest absolute Gasteiger partial charge is 0.349 e. The molecule has 2 aromatic carbocycles.